The highest BCUT2D eigenvalue weighted by molar-refractivity contribution is 6.04. The Morgan fingerprint density at radius 1 is 0.824 bits per heavy atom. The highest BCUT2D eigenvalue weighted by Crippen LogP contribution is 2.09. The third-order valence-electron chi connectivity index (χ3n) is 3.17. The van der Waals surface area contributed by atoms with E-state index in [1.807, 2.05) is 6.92 Å². The number of carbonyl (C=O) groups excluding carboxylic acids is 1. The van der Waals surface area contributed by atoms with E-state index in [1.54, 1.807) is 16.8 Å². The highest BCUT2D eigenvalue weighted by Gasteiger charge is 2.12. The summed E-state index contributed by atoms with van der Waals surface area (Å²) < 4.78 is 0. The Balaban J connectivity index is -0.0000000198. The third kappa shape index (κ3) is 63.2. The summed E-state index contributed by atoms with van der Waals surface area (Å²) >= 11 is 0. The molecule has 0 aromatic heterocycles. The number of hydrogen-bond donors (Lipinski definition) is 2. The van der Waals surface area contributed by atoms with Gasteiger partial charge in [0.25, 0.3) is 0 Å². The van der Waals surface area contributed by atoms with Crippen molar-refractivity contribution in [2.24, 2.45) is 5.92 Å². The Bertz CT molecular complexity index is 309. The number of likely N-dealkylation sites (N-methyl/N-ethyl adjacent to an activating group) is 1. The average Bonchev–Trinajstić information content (AvgIpc) is 2.35. The van der Waals surface area contributed by atoms with Gasteiger partial charge in [-0.15, -0.1) is 0 Å². The largest absolute Gasteiger partial charge is 0.481 e. The zero-order valence-corrected chi connectivity index (χ0v) is 12.8. The molecule has 7 heteroatoms. The lowest BCUT2D eigenvalue weighted by molar-refractivity contribution is -0.138. The van der Waals surface area contributed by atoms with Gasteiger partial charge in [-0.05, 0) is 18.9 Å². The zero-order valence-electron chi connectivity index (χ0n) is 12.8. The molecule has 1 atom stereocenters. The summed E-state index contributed by atoms with van der Waals surface area (Å²) in [6.07, 6.45) is 2.03. The van der Waals surface area contributed by atoms with E-state index in [1.165, 1.54) is 6.92 Å². The van der Waals surface area contributed by atoms with Crippen molar-refractivity contribution >= 4 is 19.9 Å². The van der Waals surface area contributed by atoms with E-state index in [-0.39, 0.29) is 122 Å². The number of hydrogen-bond acceptors (Lipinski definition) is 4. The molecule has 0 fully saturated rings. The van der Waals surface area contributed by atoms with Gasteiger partial charge < -0.3 is 20.1 Å². The average molecular weight is 508 g/mol. The number of carboxylic acid groups (broad SMARTS) is 1. The summed E-state index contributed by atoms with van der Waals surface area (Å²) in [7, 11) is 7.53. The van der Waals surface area contributed by atoms with Crippen molar-refractivity contribution in [2.75, 3.05) is 33.4 Å². The van der Waals surface area contributed by atoms with E-state index in [4.69, 9.17) is 13.1 Å². The van der Waals surface area contributed by atoms with E-state index in [9.17, 15) is 9.59 Å². The molecule has 34 heavy (non-hydrogen) atoms. The van der Waals surface area contributed by atoms with Crippen molar-refractivity contribution in [1.82, 2.24) is 15.0 Å². The van der Waals surface area contributed by atoms with Gasteiger partial charge in [-0.25, -0.2) is 0 Å². The second-order valence-electron chi connectivity index (χ2n) is 5.12. The summed E-state index contributed by atoms with van der Waals surface area (Å²) in [5.74, 6) is -0.625. The first kappa shape index (κ1) is 104. The van der Waals surface area contributed by atoms with Crippen LogP contribution in [-0.4, -0.2) is 68.0 Å². The van der Waals surface area contributed by atoms with Crippen molar-refractivity contribution in [3.63, 3.8) is 0 Å². The summed E-state index contributed by atoms with van der Waals surface area (Å²) in [5.41, 5.74) is 0. The molecule has 0 aliphatic rings. The first-order valence-corrected chi connectivity index (χ1v) is 7.00. The summed E-state index contributed by atoms with van der Waals surface area (Å²) in [6, 6.07) is 0. The Morgan fingerprint density at radius 3 is 1.50 bits per heavy atom. The van der Waals surface area contributed by atoms with Gasteiger partial charge in [0.2, 0.25) is 5.91 Å². The number of nitrogens with zero attached hydrogens (tertiary/aromatic N) is 2. The van der Waals surface area contributed by atoms with Gasteiger partial charge in [-0.3, -0.25) is 9.59 Å². The summed E-state index contributed by atoms with van der Waals surface area (Å²) in [5, 5.41) is 12.0. The molecule has 2 N–H and O–H groups in total. The molecule has 0 aromatic carbocycles. The van der Waals surface area contributed by atoms with Crippen molar-refractivity contribution in [2.45, 2.75) is 137 Å². The first-order chi connectivity index (χ1) is 9.36. The predicted molar refractivity (Wildman–Crippen MR) is 174 cm³/mol. The molecule has 2 radical (unpaired) electrons. The van der Waals surface area contributed by atoms with E-state index < -0.39 is 5.97 Å². The summed E-state index contributed by atoms with van der Waals surface area (Å²) in [4.78, 5) is 24.9. The van der Waals surface area contributed by atoms with Crippen LogP contribution in [0, 0.1) is 5.92 Å². The van der Waals surface area contributed by atoms with E-state index in [0.29, 0.717) is 26.3 Å². The SMILES string of the molecule is C.C.C.C.C.C.C.C.C.C.C.C.C.C.[B]N(CCN(C)C(C)=O)CNCC(CCC)CC(=O)O. The minimum atomic E-state index is -0.766. The fourth-order valence-corrected chi connectivity index (χ4v) is 1.86. The number of carbonyl (C=O) groups is 2. The maximum Gasteiger partial charge on any atom is 0.303 e. The quantitative estimate of drug-likeness (QED) is 0.215. The van der Waals surface area contributed by atoms with Crippen LogP contribution in [0.4, 0.5) is 0 Å². The predicted octanol–water partition coefficient (Wildman–Crippen LogP) is 9.19. The van der Waals surface area contributed by atoms with Crippen LogP contribution in [0.3, 0.4) is 0 Å². The Kier molecular flexibility index (Phi) is 195. The standard InChI is InChI=1S/C13H26BN3O3.14CH4/c1-4-5-12(8-13(19)20)9-15-10-17(14)7-6-16(3)11(2)18;;;;;;;;;;;;;;/h12,15H,4-10H2,1-3H3,(H,19,20);14*1H4. The Hall–Kier alpha value is -1.08. The Morgan fingerprint density at radius 2 is 1.21 bits per heavy atom. The van der Waals surface area contributed by atoms with Crippen LogP contribution in [0.1, 0.15) is 137 Å². The molecule has 0 saturated carbocycles. The fourth-order valence-electron chi connectivity index (χ4n) is 1.86. The third-order valence-corrected chi connectivity index (χ3v) is 3.17. The van der Waals surface area contributed by atoms with Gasteiger partial charge in [-0.2, -0.15) is 0 Å². The molecule has 1 unspecified atom stereocenters. The van der Waals surface area contributed by atoms with E-state index in [0.717, 1.165) is 12.8 Å². The van der Waals surface area contributed by atoms with Crippen LogP contribution in [0.25, 0.3) is 0 Å². The van der Waals surface area contributed by atoms with Gasteiger partial charge in [0.05, 0.1) is 0 Å². The smallest absolute Gasteiger partial charge is 0.303 e. The fraction of sp³-hybridized carbons (Fsp3) is 0.926. The second kappa shape index (κ2) is 63.5. The maximum absolute atomic E-state index is 11.0. The molecule has 6 nitrogen and oxygen atoms in total. The van der Waals surface area contributed by atoms with Crippen LogP contribution in [0.2, 0.25) is 0 Å². The van der Waals surface area contributed by atoms with E-state index >= 15 is 0 Å². The minimum absolute atomic E-state index is 0. The number of rotatable bonds is 11. The number of aliphatic carboxylic acids is 1. The minimum Gasteiger partial charge on any atom is -0.481 e. The van der Waals surface area contributed by atoms with Crippen LogP contribution < -0.4 is 5.32 Å². The highest BCUT2D eigenvalue weighted by atomic mass is 16.4. The molecular weight excluding hydrogens is 425 g/mol. The first-order valence-electron chi connectivity index (χ1n) is 7.00. The van der Waals surface area contributed by atoms with Crippen LogP contribution >= 0.6 is 0 Å². The lowest BCUT2D eigenvalue weighted by Gasteiger charge is -2.23. The normalized spacial score (nSPS) is 7.29. The van der Waals surface area contributed by atoms with Crippen molar-refractivity contribution in [3.05, 3.63) is 0 Å². The number of amides is 1. The monoisotopic (exact) mass is 508 g/mol. The van der Waals surface area contributed by atoms with Gasteiger partial charge in [-0.1, -0.05) is 117 Å². The zero-order chi connectivity index (χ0) is 15.5. The molecular formula is C27H82BN3O3. The molecule has 0 spiro atoms. The molecule has 0 bridgehead atoms. The summed E-state index contributed by atoms with van der Waals surface area (Å²) in [6.45, 7) is 5.81. The number of nitrogens with one attached hydrogen (secondary N) is 1. The van der Waals surface area contributed by atoms with Crippen LogP contribution in [0.15, 0.2) is 0 Å². The van der Waals surface area contributed by atoms with Gasteiger partial charge in [0.15, 0.2) is 7.98 Å². The Labute approximate surface area is 226 Å². The molecule has 0 aliphatic heterocycles. The lowest BCUT2D eigenvalue weighted by atomic mass is 10.00. The van der Waals surface area contributed by atoms with Crippen LogP contribution in [0.5, 0.6) is 0 Å². The van der Waals surface area contributed by atoms with Crippen molar-refractivity contribution in [1.29, 1.82) is 0 Å². The number of carboxylic acids is 1. The lowest BCUT2D eigenvalue weighted by Crippen LogP contribution is -2.40. The molecule has 0 aromatic rings. The molecule has 226 valence electrons. The second-order valence-corrected chi connectivity index (χ2v) is 5.12. The molecule has 0 saturated heterocycles. The molecule has 0 aliphatic carbocycles. The molecule has 0 rings (SSSR count). The maximum atomic E-state index is 11.0. The van der Waals surface area contributed by atoms with Gasteiger partial charge in [0.1, 0.15) is 0 Å². The van der Waals surface area contributed by atoms with Crippen LogP contribution in [-0.2, 0) is 9.59 Å². The van der Waals surface area contributed by atoms with E-state index in [2.05, 4.69) is 5.32 Å². The van der Waals surface area contributed by atoms with Gasteiger partial charge >= 0.3 is 5.97 Å². The molecule has 1 amide bonds. The van der Waals surface area contributed by atoms with Crippen molar-refractivity contribution < 1.29 is 14.7 Å². The topological polar surface area (TPSA) is 72.9 Å². The van der Waals surface area contributed by atoms with Crippen molar-refractivity contribution in [3.8, 4) is 0 Å². The van der Waals surface area contributed by atoms with Gasteiger partial charge in [0, 0.05) is 40.2 Å². The molecule has 0 heterocycles.